The summed E-state index contributed by atoms with van der Waals surface area (Å²) in [7, 11) is 0. The van der Waals surface area contributed by atoms with Gasteiger partial charge in [-0.3, -0.25) is 0 Å². The minimum atomic E-state index is 0.386. The fraction of sp³-hybridized carbons (Fsp3) is 1.00. The topological polar surface area (TPSA) is 78.1 Å². The first kappa shape index (κ1) is 8.21. The third-order valence-corrected chi connectivity index (χ3v) is 4.77. The maximum absolute atomic E-state index is 6.12. The highest BCUT2D eigenvalue weighted by Crippen LogP contribution is 2.56. The molecule has 0 bridgehead atoms. The Kier molecular flexibility index (Phi) is 1.56. The van der Waals surface area contributed by atoms with Gasteiger partial charge in [0.15, 0.2) is 0 Å². The molecule has 3 nitrogen and oxygen atoms in total. The third-order valence-electron chi connectivity index (χ3n) is 4.77. The van der Waals surface area contributed by atoms with E-state index >= 15 is 0 Å². The van der Waals surface area contributed by atoms with Crippen LogP contribution in [0.2, 0.25) is 0 Å². The smallest absolute Gasteiger partial charge is 0.00739 e. The molecule has 0 radical (unpaired) electrons. The van der Waals surface area contributed by atoms with Gasteiger partial charge in [0.2, 0.25) is 0 Å². The molecule has 0 saturated heterocycles. The first-order valence-electron chi connectivity index (χ1n) is 5.45. The molecule has 0 aliphatic heterocycles. The van der Waals surface area contributed by atoms with E-state index in [0.29, 0.717) is 35.9 Å². The highest BCUT2D eigenvalue weighted by atomic mass is 14.9. The molecule has 0 aromatic rings. The highest BCUT2D eigenvalue weighted by Gasteiger charge is 2.57. The van der Waals surface area contributed by atoms with E-state index < -0.39 is 0 Å². The predicted molar refractivity (Wildman–Crippen MR) is 51.7 cm³/mol. The molecule has 3 aliphatic rings. The monoisotopic (exact) mass is 181 g/mol. The molecule has 0 aromatic carbocycles. The van der Waals surface area contributed by atoms with Crippen molar-refractivity contribution in [1.29, 1.82) is 0 Å². The van der Waals surface area contributed by atoms with E-state index in [1.807, 2.05) is 0 Å². The molecule has 74 valence electrons. The molecule has 0 heterocycles. The zero-order chi connectivity index (χ0) is 9.16. The molecule has 6 atom stereocenters. The van der Waals surface area contributed by atoms with Crippen molar-refractivity contribution in [1.82, 2.24) is 0 Å². The van der Waals surface area contributed by atoms with Crippen molar-refractivity contribution >= 4 is 0 Å². The second-order valence-electron chi connectivity index (χ2n) is 5.27. The van der Waals surface area contributed by atoms with E-state index in [4.69, 9.17) is 17.2 Å². The minimum absolute atomic E-state index is 0.386. The van der Waals surface area contributed by atoms with Crippen LogP contribution in [-0.2, 0) is 0 Å². The minimum Gasteiger partial charge on any atom is -0.327 e. The van der Waals surface area contributed by atoms with Crippen LogP contribution in [0.3, 0.4) is 0 Å². The Morgan fingerprint density at radius 3 is 1.23 bits per heavy atom. The number of nitrogens with two attached hydrogens (primary N) is 3. The molecule has 0 spiro atoms. The molecule has 0 amide bonds. The van der Waals surface area contributed by atoms with Crippen LogP contribution in [0.1, 0.15) is 19.3 Å². The summed E-state index contributed by atoms with van der Waals surface area (Å²) in [5.74, 6) is 2.86. The molecule has 3 heteroatoms. The zero-order valence-corrected chi connectivity index (χ0v) is 7.89. The van der Waals surface area contributed by atoms with Crippen molar-refractivity contribution in [2.24, 2.45) is 40.9 Å². The highest BCUT2D eigenvalue weighted by molar-refractivity contribution is 5.11. The van der Waals surface area contributed by atoms with Gasteiger partial charge in [-0.25, -0.2) is 0 Å². The van der Waals surface area contributed by atoms with E-state index in [2.05, 4.69) is 0 Å². The average molecular weight is 181 g/mol. The lowest BCUT2D eigenvalue weighted by molar-refractivity contribution is 0.337. The summed E-state index contributed by atoms with van der Waals surface area (Å²) in [6.45, 7) is 0. The molecule has 6 N–H and O–H groups in total. The van der Waals surface area contributed by atoms with E-state index in [1.165, 1.54) is 0 Å². The van der Waals surface area contributed by atoms with Crippen molar-refractivity contribution in [3.63, 3.8) is 0 Å². The molecule has 3 rings (SSSR count). The van der Waals surface area contributed by atoms with Crippen LogP contribution in [0, 0.1) is 23.7 Å². The first-order valence-corrected chi connectivity index (χ1v) is 5.45. The molecular weight excluding hydrogens is 162 g/mol. The molecule has 3 fully saturated rings. The lowest BCUT2D eigenvalue weighted by Gasteiger charge is -2.15. The Bertz CT molecular complexity index is 192. The Labute approximate surface area is 79.0 Å². The lowest BCUT2D eigenvalue weighted by atomic mass is 9.91. The van der Waals surface area contributed by atoms with Crippen molar-refractivity contribution in [3.8, 4) is 0 Å². The molecule has 13 heavy (non-hydrogen) atoms. The van der Waals surface area contributed by atoms with Gasteiger partial charge < -0.3 is 17.2 Å². The average Bonchev–Trinajstić information content (AvgIpc) is 2.63. The fourth-order valence-corrected chi connectivity index (χ4v) is 4.27. The van der Waals surface area contributed by atoms with Crippen molar-refractivity contribution in [2.45, 2.75) is 37.4 Å². The zero-order valence-electron chi connectivity index (χ0n) is 7.89. The van der Waals surface area contributed by atoms with Gasteiger partial charge in [0.1, 0.15) is 0 Å². The summed E-state index contributed by atoms with van der Waals surface area (Å²) in [5, 5.41) is 0. The van der Waals surface area contributed by atoms with E-state index in [1.54, 1.807) is 0 Å². The van der Waals surface area contributed by atoms with Gasteiger partial charge in [-0.1, -0.05) is 0 Å². The van der Waals surface area contributed by atoms with Crippen LogP contribution >= 0.6 is 0 Å². The van der Waals surface area contributed by atoms with Crippen LogP contribution in [0.25, 0.3) is 0 Å². The van der Waals surface area contributed by atoms with Crippen molar-refractivity contribution in [3.05, 3.63) is 0 Å². The third kappa shape index (κ3) is 0.901. The number of rotatable bonds is 0. The Morgan fingerprint density at radius 1 is 0.615 bits per heavy atom. The Morgan fingerprint density at radius 2 is 0.923 bits per heavy atom. The number of hydrogen-bond donors (Lipinski definition) is 3. The van der Waals surface area contributed by atoms with Crippen molar-refractivity contribution in [2.75, 3.05) is 0 Å². The normalized spacial score (nSPS) is 64.4. The maximum Gasteiger partial charge on any atom is 0.00739 e. The molecule has 6 unspecified atom stereocenters. The van der Waals surface area contributed by atoms with Gasteiger partial charge in [-0.05, 0) is 42.9 Å². The number of hydrogen-bond acceptors (Lipinski definition) is 3. The predicted octanol–water partition coefficient (Wildman–Crippen LogP) is -0.356. The van der Waals surface area contributed by atoms with Crippen LogP contribution in [-0.4, -0.2) is 18.1 Å². The van der Waals surface area contributed by atoms with Gasteiger partial charge in [0, 0.05) is 18.1 Å². The van der Waals surface area contributed by atoms with Crippen molar-refractivity contribution < 1.29 is 0 Å². The standard InChI is InChI=1S/C10H19N3/c11-7-1-4-8(12)3-6-9(13)2-5(7)10(4)6/h4-10H,1-3,11-13H2. The Balaban J connectivity index is 1.94. The van der Waals surface area contributed by atoms with Gasteiger partial charge in [-0.2, -0.15) is 0 Å². The summed E-state index contributed by atoms with van der Waals surface area (Å²) in [5.41, 5.74) is 18.4. The maximum atomic E-state index is 6.12. The lowest BCUT2D eigenvalue weighted by Crippen LogP contribution is -2.27. The van der Waals surface area contributed by atoms with Gasteiger partial charge >= 0.3 is 0 Å². The fourth-order valence-electron chi connectivity index (χ4n) is 4.27. The van der Waals surface area contributed by atoms with Crippen LogP contribution < -0.4 is 17.2 Å². The second kappa shape index (κ2) is 2.47. The van der Waals surface area contributed by atoms with E-state index in [0.717, 1.165) is 25.2 Å². The SMILES string of the molecule is NC1CC2C(N)CC3C(N)CC1C32. The van der Waals surface area contributed by atoms with Crippen LogP contribution in [0.15, 0.2) is 0 Å². The van der Waals surface area contributed by atoms with Gasteiger partial charge in [0.25, 0.3) is 0 Å². The summed E-state index contributed by atoms with van der Waals surface area (Å²) < 4.78 is 0. The van der Waals surface area contributed by atoms with E-state index in [-0.39, 0.29) is 0 Å². The summed E-state index contributed by atoms with van der Waals surface area (Å²) >= 11 is 0. The molecular formula is C10H19N3. The first-order chi connectivity index (χ1) is 6.18. The summed E-state index contributed by atoms with van der Waals surface area (Å²) in [4.78, 5) is 0. The van der Waals surface area contributed by atoms with Crippen LogP contribution in [0.4, 0.5) is 0 Å². The quantitative estimate of drug-likeness (QED) is 0.478. The van der Waals surface area contributed by atoms with Gasteiger partial charge in [-0.15, -0.1) is 0 Å². The summed E-state index contributed by atoms with van der Waals surface area (Å²) in [6.07, 6.45) is 3.46. The molecule has 0 aromatic heterocycles. The molecule has 3 aliphatic carbocycles. The molecule has 3 saturated carbocycles. The van der Waals surface area contributed by atoms with Crippen LogP contribution in [0.5, 0.6) is 0 Å². The summed E-state index contributed by atoms with van der Waals surface area (Å²) in [6, 6.07) is 1.16. The second-order valence-corrected chi connectivity index (χ2v) is 5.27. The largest absolute Gasteiger partial charge is 0.327 e. The van der Waals surface area contributed by atoms with E-state index in [9.17, 15) is 0 Å². The van der Waals surface area contributed by atoms with Gasteiger partial charge in [0.05, 0.1) is 0 Å². The Hall–Kier alpha value is -0.120.